The number of benzene rings is 2. The van der Waals surface area contributed by atoms with E-state index in [1.54, 1.807) is 0 Å². The molecule has 0 bridgehead atoms. The molecular formula is C25H38N6. The van der Waals surface area contributed by atoms with Crippen LogP contribution in [0.5, 0.6) is 0 Å². The maximum atomic E-state index is 6.20. The van der Waals surface area contributed by atoms with Crippen LogP contribution in [0.1, 0.15) is 52.1 Å². The molecular weight excluding hydrogens is 384 g/mol. The number of allylic oxidation sites excluding steroid dienone is 3. The fraction of sp³-hybridized carbons (Fsp3) is 0.360. The van der Waals surface area contributed by atoms with Crippen molar-refractivity contribution in [3.63, 3.8) is 0 Å². The summed E-state index contributed by atoms with van der Waals surface area (Å²) in [5.74, 6) is 5.35. The zero-order chi connectivity index (χ0) is 21.5. The van der Waals surface area contributed by atoms with Crippen LogP contribution < -0.4 is 33.2 Å². The van der Waals surface area contributed by atoms with Gasteiger partial charge in [-0.05, 0) is 60.2 Å². The number of nitrogen functional groups attached to an aromatic ring is 2. The topological polar surface area (TPSA) is 105 Å². The van der Waals surface area contributed by atoms with E-state index in [1.165, 1.54) is 28.0 Å². The van der Waals surface area contributed by atoms with Crippen molar-refractivity contribution in [3.8, 4) is 11.1 Å². The highest BCUT2D eigenvalue weighted by molar-refractivity contribution is 5.88. The first-order valence-electron chi connectivity index (χ1n) is 10.8. The molecule has 31 heavy (non-hydrogen) atoms. The first-order chi connectivity index (χ1) is 14.7. The highest BCUT2D eigenvalue weighted by Gasteiger charge is 2.33. The summed E-state index contributed by atoms with van der Waals surface area (Å²) in [6.07, 6.45) is 9.70. The fourth-order valence-corrected chi connectivity index (χ4v) is 4.28. The quantitative estimate of drug-likeness (QED) is 0.200. The molecule has 1 heterocycles. The van der Waals surface area contributed by atoms with Crippen molar-refractivity contribution in [3.05, 3.63) is 65.8 Å². The number of nitrogens with one attached hydrogen (secondary N) is 2. The molecule has 6 nitrogen and oxygen atoms in total. The van der Waals surface area contributed by atoms with Gasteiger partial charge in [0, 0.05) is 35.7 Å². The average Bonchev–Trinajstić information content (AvgIpc) is 2.78. The van der Waals surface area contributed by atoms with E-state index in [4.69, 9.17) is 17.3 Å². The van der Waals surface area contributed by atoms with Crippen LogP contribution in [0.25, 0.3) is 11.1 Å². The average molecular weight is 423 g/mol. The van der Waals surface area contributed by atoms with Gasteiger partial charge in [-0.3, -0.25) is 5.84 Å². The van der Waals surface area contributed by atoms with Gasteiger partial charge in [0.2, 0.25) is 0 Å². The van der Waals surface area contributed by atoms with Crippen LogP contribution in [0.4, 0.5) is 17.1 Å². The molecule has 8 N–H and O–H groups in total. The maximum absolute atomic E-state index is 6.20. The Morgan fingerprint density at radius 3 is 2.42 bits per heavy atom. The highest BCUT2D eigenvalue weighted by atomic mass is 15.5. The van der Waals surface area contributed by atoms with Gasteiger partial charge in [-0.2, -0.15) is 5.53 Å². The summed E-state index contributed by atoms with van der Waals surface area (Å²) in [6.45, 7) is 5.66. The molecule has 6 heteroatoms. The molecule has 1 unspecified atom stereocenters. The molecule has 168 valence electrons. The van der Waals surface area contributed by atoms with Crippen LogP contribution in [0.15, 0.2) is 60.2 Å². The molecule has 2 aromatic carbocycles. The second kappa shape index (κ2) is 11.6. The molecule has 0 saturated carbocycles. The molecule has 1 atom stereocenters. The van der Waals surface area contributed by atoms with E-state index in [9.17, 15) is 0 Å². The van der Waals surface area contributed by atoms with Crippen molar-refractivity contribution in [2.24, 2.45) is 5.84 Å². The SMILES string of the molecule is C.CC.NNNCCCN1c2cc(N)ccc2-c2ccc(N)cc2C1C1=CC=CCC1. The van der Waals surface area contributed by atoms with Gasteiger partial charge in [-0.15, -0.1) is 0 Å². The Morgan fingerprint density at radius 2 is 1.74 bits per heavy atom. The number of hydrazine groups is 2. The lowest BCUT2D eigenvalue weighted by Crippen LogP contribution is -2.40. The monoisotopic (exact) mass is 422 g/mol. The molecule has 1 aliphatic carbocycles. The van der Waals surface area contributed by atoms with Crippen molar-refractivity contribution in [2.75, 3.05) is 29.5 Å². The van der Waals surface area contributed by atoms with Crippen LogP contribution in [0.3, 0.4) is 0 Å². The Hall–Kier alpha value is -2.80. The number of hydrogen-bond donors (Lipinski definition) is 5. The van der Waals surface area contributed by atoms with Gasteiger partial charge in [0.05, 0.1) is 6.04 Å². The van der Waals surface area contributed by atoms with E-state index in [1.807, 2.05) is 26.0 Å². The van der Waals surface area contributed by atoms with Crippen molar-refractivity contribution >= 4 is 17.1 Å². The van der Waals surface area contributed by atoms with Crippen molar-refractivity contribution in [1.29, 1.82) is 0 Å². The first kappa shape index (κ1) is 24.5. The fourth-order valence-electron chi connectivity index (χ4n) is 4.28. The van der Waals surface area contributed by atoms with Crippen LogP contribution in [0, 0.1) is 0 Å². The van der Waals surface area contributed by atoms with Gasteiger partial charge in [0.15, 0.2) is 0 Å². The lowest BCUT2D eigenvalue weighted by molar-refractivity contribution is 0.527. The third-order valence-electron chi connectivity index (χ3n) is 5.50. The number of rotatable bonds is 6. The summed E-state index contributed by atoms with van der Waals surface area (Å²) in [7, 11) is 0. The van der Waals surface area contributed by atoms with E-state index < -0.39 is 0 Å². The highest BCUT2D eigenvalue weighted by Crippen LogP contribution is 2.49. The summed E-state index contributed by atoms with van der Waals surface area (Å²) in [5.41, 5.74) is 25.7. The third-order valence-corrected chi connectivity index (χ3v) is 5.50. The Labute approximate surface area is 187 Å². The molecule has 0 spiro atoms. The standard InChI is InChI=1S/C22H28N6.C2H6.CH4/c23-16-7-9-18-19-10-8-17(24)14-21(19)28(12-4-11-26-27-25)22(20(18)13-16)15-5-2-1-3-6-15;1-2;/h1-2,5,7-10,13-14,22,26-27H,3-4,6,11-12,23-25H2;1-2H3;1H4. The second-order valence-corrected chi connectivity index (χ2v) is 7.35. The van der Waals surface area contributed by atoms with Gasteiger partial charge < -0.3 is 16.4 Å². The van der Waals surface area contributed by atoms with E-state index in [0.717, 1.165) is 43.7 Å². The summed E-state index contributed by atoms with van der Waals surface area (Å²) in [4.78, 5) is 2.47. The van der Waals surface area contributed by atoms with Gasteiger partial charge in [-0.1, -0.05) is 51.6 Å². The largest absolute Gasteiger partial charge is 0.399 e. The normalized spacial score (nSPS) is 16.3. The maximum Gasteiger partial charge on any atom is 0.0766 e. The van der Waals surface area contributed by atoms with Gasteiger partial charge in [0.25, 0.3) is 0 Å². The van der Waals surface area contributed by atoms with E-state index in [2.05, 4.69) is 58.4 Å². The Balaban J connectivity index is 0.00000111. The zero-order valence-corrected chi connectivity index (χ0v) is 18.0. The smallest absolute Gasteiger partial charge is 0.0766 e. The molecule has 4 rings (SSSR count). The summed E-state index contributed by atoms with van der Waals surface area (Å²) in [6, 6.07) is 12.6. The van der Waals surface area contributed by atoms with E-state index >= 15 is 0 Å². The van der Waals surface area contributed by atoms with E-state index in [-0.39, 0.29) is 13.5 Å². The number of nitrogens with two attached hydrogens (primary N) is 3. The molecule has 1 aliphatic heterocycles. The summed E-state index contributed by atoms with van der Waals surface area (Å²) >= 11 is 0. The lowest BCUT2D eigenvalue weighted by Gasteiger charge is -2.42. The van der Waals surface area contributed by atoms with Crippen LogP contribution in [-0.2, 0) is 0 Å². The van der Waals surface area contributed by atoms with Crippen LogP contribution in [0.2, 0.25) is 0 Å². The molecule has 0 aromatic heterocycles. The summed E-state index contributed by atoms with van der Waals surface area (Å²) < 4.78 is 0. The number of fused-ring (bicyclic) bond motifs is 3. The minimum Gasteiger partial charge on any atom is -0.399 e. The minimum atomic E-state index is 0. The van der Waals surface area contributed by atoms with Crippen molar-refractivity contribution < 1.29 is 0 Å². The Bertz CT molecular complexity index is 918. The summed E-state index contributed by atoms with van der Waals surface area (Å²) in [5, 5.41) is 0. The molecule has 2 aliphatic rings. The van der Waals surface area contributed by atoms with Crippen molar-refractivity contribution in [2.45, 2.75) is 46.6 Å². The van der Waals surface area contributed by atoms with Crippen LogP contribution in [-0.4, -0.2) is 13.1 Å². The van der Waals surface area contributed by atoms with E-state index in [0.29, 0.717) is 0 Å². The number of nitrogens with zero attached hydrogens (tertiary/aromatic N) is 1. The van der Waals surface area contributed by atoms with Gasteiger partial charge in [-0.25, -0.2) is 5.43 Å². The number of hydrogen-bond acceptors (Lipinski definition) is 6. The molecule has 0 amide bonds. The third kappa shape index (κ3) is 5.28. The van der Waals surface area contributed by atoms with Gasteiger partial charge >= 0.3 is 0 Å². The second-order valence-electron chi connectivity index (χ2n) is 7.35. The number of anilines is 3. The van der Waals surface area contributed by atoms with Gasteiger partial charge in [0.1, 0.15) is 0 Å². The lowest BCUT2D eigenvalue weighted by atomic mass is 9.82. The minimum absolute atomic E-state index is 0. The Morgan fingerprint density at radius 1 is 1.03 bits per heavy atom. The first-order valence-corrected chi connectivity index (χ1v) is 10.8. The van der Waals surface area contributed by atoms with Crippen molar-refractivity contribution in [1.82, 2.24) is 11.0 Å². The predicted octanol–water partition coefficient (Wildman–Crippen LogP) is 4.68. The molecule has 0 fully saturated rings. The predicted molar refractivity (Wildman–Crippen MR) is 135 cm³/mol. The Kier molecular flexibility index (Phi) is 9.12. The van der Waals surface area contributed by atoms with Crippen LogP contribution >= 0.6 is 0 Å². The zero-order valence-electron chi connectivity index (χ0n) is 18.0. The molecule has 2 aromatic rings. The molecule has 0 saturated heterocycles. The molecule has 0 radical (unpaired) electrons.